The van der Waals surface area contributed by atoms with Crippen molar-refractivity contribution < 1.29 is 18.7 Å². The summed E-state index contributed by atoms with van der Waals surface area (Å²) >= 11 is 0. The van der Waals surface area contributed by atoms with Gasteiger partial charge in [-0.15, -0.1) is 0 Å². The molecule has 2 aromatic rings. The van der Waals surface area contributed by atoms with Crippen molar-refractivity contribution >= 4 is 11.9 Å². The van der Waals surface area contributed by atoms with Crippen LogP contribution in [0.5, 0.6) is 0 Å². The van der Waals surface area contributed by atoms with Crippen molar-refractivity contribution in [3.05, 3.63) is 59.5 Å². The fraction of sp³-hybridized carbons (Fsp3) is 0.200. The van der Waals surface area contributed by atoms with Crippen molar-refractivity contribution in [1.82, 2.24) is 5.32 Å². The Balaban J connectivity index is 1.75. The number of aryl methyl sites for hydroxylation is 1. The number of nitrogens with one attached hydrogen (secondary N) is 1. The van der Waals surface area contributed by atoms with E-state index in [1.807, 2.05) is 30.3 Å². The number of hydrogen-bond acceptors (Lipinski definition) is 4. The molecule has 0 unspecified atom stereocenters. The van der Waals surface area contributed by atoms with Crippen LogP contribution in [0.2, 0.25) is 0 Å². The van der Waals surface area contributed by atoms with E-state index >= 15 is 0 Å². The van der Waals surface area contributed by atoms with E-state index in [9.17, 15) is 9.59 Å². The number of ether oxygens (including phenoxy) is 1. The van der Waals surface area contributed by atoms with Gasteiger partial charge in [-0.2, -0.15) is 0 Å². The van der Waals surface area contributed by atoms with Gasteiger partial charge in [-0.25, -0.2) is 0 Å². The molecule has 5 nitrogen and oxygen atoms in total. The highest BCUT2D eigenvalue weighted by Crippen LogP contribution is 2.07. The van der Waals surface area contributed by atoms with E-state index in [1.54, 1.807) is 13.0 Å². The lowest BCUT2D eigenvalue weighted by Gasteiger charge is -2.06. The molecule has 1 aromatic carbocycles. The molecule has 0 fully saturated rings. The second-order valence-electron chi connectivity index (χ2n) is 4.26. The minimum absolute atomic E-state index is 0.189. The van der Waals surface area contributed by atoms with Crippen LogP contribution in [0.15, 0.2) is 47.1 Å². The number of rotatable bonds is 5. The van der Waals surface area contributed by atoms with E-state index in [4.69, 9.17) is 9.15 Å². The highest BCUT2D eigenvalue weighted by atomic mass is 16.5. The van der Waals surface area contributed by atoms with E-state index < -0.39 is 11.9 Å². The van der Waals surface area contributed by atoms with E-state index in [-0.39, 0.29) is 18.9 Å². The third kappa shape index (κ3) is 3.71. The smallest absolute Gasteiger partial charge is 0.325 e. The lowest BCUT2D eigenvalue weighted by molar-refractivity contribution is -0.143. The number of carbonyl (C=O) groups is 2. The van der Waals surface area contributed by atoms with E-state index in [0.717, 1.165) is 11.1 Å². The Morgan fingerprint density at radius 1 is 1.20 bits per heavy atom. The summed E-state index contributed by atoms with van der Waals surface area (Å²) in [5.74, 6) is -0.712. The SMILES string of the molecule is Cc1ccoc1C(=O)NCC(=O)OCc1ccccc1. The molecular weight excluding hydrogens is 258 g/mol. The molecule has 0 saturated heterocycles. The Morgan fingerprint density at radius 2 is 1.95 bits per heavy atom. The van der Waals surface area contributed by atoms with Crippen molar-refractivity contribution in [3.63, 3.8) is 0 Å². The molecule has 104 valence electrons. The first-order chi connectivity index (χ1) is 9.66. The summed E-state index contributed by atoms with van der Waals surface area (Å²) in [4.78, 5) is 23.2. The second kappa shape index (κ2) is 6.56. The van der Waals surface area contributed by atoms with E-state index in [0.29, 0.717) is 0 Å². The Hall–Kier alpha value is -2.56. The van der Waals surface area contributed by atoms with Crippen LogP contribution in [-0.4, -0.2) is 18.4 Å². The summed E-state index contributed by atoms with van der Waals surface area (Å²) in [7, 11) is 0. The predicted octanol–water partition coefficient (Wildman–Crippen LogP) is 2.06. The van der Waals surface area contributed by atoms with Crippen LogP contribution < -0.4 is 5.32 Å². The van der Waals surface area contributed by atoms with Gasteiger partial charge in [0, 0.05) is 5.56 Å². The second-order valence-corrected chi connectivity index (χ2v) is 4.26. The van der Waals surface area contributed by atoms with E-state index in [2.05, 4.69) is 5.32 Å². The molecule has 0 aliphatic rings. The van der Waals surface area contributed by atoms with Gasteiger partial charge in [-0.3, -0.25) is 9.59 Å². The van der Waals surface area contributed by atoms with Crippen LogP contribution in [0.3, 0.4) is 0 Å². The van der Waals surface area contributed by atoms with Gasteiger partial charge >= 0.3 is 5.97 Å². The van der Waals surface area contributed by atoms with Crippen molar-refractivity contribution in [3.8, 4) is 0 Å². The first-order valence-electron chi connectivity index (χ1n) is 6.18. The third-order valence-electron chi connectivity index (χ3n) is 2.70. The fourth-order valence-electron chi connectivity index (χ4n) is 1.63. The monoisotopic (exact) mass is 273 g/mol. The maximum absolute atomic E-state index is 11.7. The maximum atomic E-state index is 11.7. The molecule has 0 bridgehead atoms. The van der Waals surface area contributed by atoms with Gasteiger partial charge in [0.25, 0.3) is 5.91 Å². The van der Waals surface area contributed by atoms with Crippen LogP contribution in [0.25, 0.3) is 0 Å². The molecule has 1 N–H and O–H groups in total. The molecule has 0 atom stereocenters. The zero-order valence-electron chi connectivity index (χ0n) is 11.1. The van der Waals surface area contributed by atoms with Crippen LogP contribution in [0.1, 0.15) is 21.7 Å². The van der Waals surface area contributed by atoms with Crippen molar-refractivity contribution in [1.29, 1.82) is 0 Å². The van der Waals surface area contributed by atoms with Crippen molar-refractivity contribution in [2.45, 2.75) is 13.5 Å². The molecule has 5 heteroatoms. The molecule has 0 spiro atoms. The number of amides is 1. The molecule has 2 rings (SSSR count). The minimum Gasteiger partial charge on any atom is -0.460 e. The lowest BCUT2D eigenvalue weighted by atomic mass is 10.2. The molecule has 0 radical (unpaired) electrons. The molecule has 1 heterocycles. The third-order valence-corrected chi connectivity index (χ3v) is 2.70. The van der Waals surface area contributed by atoms with Gasteiger partial charge in [0.1, 0.15) is 13.2 Å². The van der Waals surface area contributed by atoms with Gasteiger partial charge in [-0.1, -0.05) is 30.3 Å². The molecular formula is C15H15NO4. The van der Waals surface area contributed by atoms with Crippen LogP contribution >= 0.6 is 0 Å². The number of furan rings is 1. The Morgan fingerprint density at radius 3 is 2.60 bits per heavy atom. The summed E-state index contributed by atoms with van der Waals surface area (Å²) in [6, 6.07) is 11.0. The first kappa shape index (κ1) is 13.9. The predicted molar refractivity (Wildman–Crippen MR) is 72.0 cm³/mol. The average molecular weight is 273 g/mol. The highest BCUT2D eigenvalue weighted by molar-refractivity contribution is 5.94. The average Bonchev–Trinajstić information content (AvgIpc) is 2.90. The quantitative estimate of drug-likeness (QED) is 0.847. The number of benzene rings is 1. The standard InChI is InChI=1S/C15H15NO4/c1-11-7-8-19-14(11)15(18)16-9-13(17)20-10-12-5-3-2-4-6-12/h2-8H,9-10H2,1H3,(H,16,18). The fourth-order valence-corrected chi connectivity index (χ4v) is 1.63. The zero-order chi connectivity index (χ0) is 14.4. The van der Waals surface area contributed by atoms with Gasteiger partial charge in [-0.05, 0) is 18.6 Å². The van der Waals surface area contributed by atoms with Crippen molar-refractivity contribution in [2.24, 2.45) is 0 Å². The molecule has 1 aromatic heterocycles. The molecule has 0 aliphatic heterocycles. The number of hydrogen-bond donors (Lipinski definition) is 1. The summed E-state index contributed by atoms with van der Waals surface area (Å²) in [6.07, 6.45) is 1.43. The lowest BCUT2D eigenvalue weighted by Crippen LogP contribution is -2.30. The molecule has 1 amide bonds. The largest absolute Gasteiger partial charge is 0.460 e. The Labute approximate surface area is 116 Å². The summed E-state index contributed by atoms with van der Waals surface area (Å²) in [6.45, 7) is 1.76. The zero-order valence-corrected chi connectivity index (χ0v) is 11.1. The molecule has 0 aliphatic carbocycles. The van der Waals surface area contributed by atoms with Gasteiger partial charge < -0.3 is 14.5 Å². The van der Waals surface area contributed by atoms with Gasteiger partial charge in [0.05, 0.1) is 6.26 Å². The van der Waals surface area contributed by atoms with Gasteiger partial charge in [0.2, 0.25) is 0 Å². The normalized spacial score (nSPS) is 10.1. The number of esters is 1. The summed E-state index contributed by atoms with van der Waals surface area (Å²) in [5, 5.41) is 2.45. The maximum Gasteiger partial charge on any atom is 0.325 e. The van der Waals surface area contributed by atoms with E-state index in [1.165, 1.54) is 6.26 Å². The van der Waals surface area contributed by atoms with Crippen LogP contribution in [0, 0.1) is 6.92 Å². The topological polar surface area (TPSA) is 68.5 Å². The Bertz CT molecular complexity index is 589. The number of carbonyl (C=O) groups excluding carboxylic acids is 2. The van der Waals surface area contributed by atoms with Crippen LogP contribution in [-0.2, 0) is 16.1 Å². The summed E-state index contributed by atoms with van der Waals surface area (Å²) < 4.78 is 10.1. The molecule has 20 heavy (non-hydrogen) atoms. The minimum atomic E-state index is -0.494. The van der Waals surface area contributed by atoms with Crippen molar-refractivity contribution in [2.75, 3.05) is 6.54 Å². The van der Waals surface area contributed by atoms with Gasteiger partial charge in [0.15, 0.2) is 5.76 Å². The highest BCUT2D eigenvalue weighted by Gasteiger charge is 2.13. The molecule has 0 saturated carbocycles. The summed E-state index contributed by atoms with van der Waals surface area (Å²) in [5.41, 5.74) is 1.62. The Kier molecular flexibility index (Phi) is 4.55. The van der Waals surface area contributed by atoms with Crippen LogP contribution in [0.4, 0.5) is 0 Å². The first-order valence-corrected chi connectivity index (χ1v) is 6.18.